The summed E-state index contributed by atoms with van der Waals surface area (Å²) in [6.45, 7) is 5.66. The molecule has 0 atom stereocenters. The van der Waals surface area contributed by atoms with Crippen LogP contribution < -0.4 is 4.74 Å². The van der Waals surface area contributed by atoms with Crippen LogP contribution in [0.5, 0.6) is 5.88 Å². The SMILES string of the molecule is Cc1cc(Cc2nc(-c3nc(OC(C)C)ccc3Cl)no2)no1. The summed E-state index contributed by atoms with van der Waals surface area (Å²) < 4.78 is 15.8. The van der Waals surface area contributed by atoms with E-state index in [4.69, 9.17) is 25.4 Å². The van der Waals surface area contributed by atoms with Gasteiger partial charge in [0.05, 0.1) is 23.2 Å². The van der Waals surface area contributed by atoms with E-state index in [-0.39, 0.29) is 6.10 Å². The topological polar surface area (TPSA) is 87.1 Å². The van der Waals surface area contributed by atoms with Gasteiger partial charge < -0.3 is 13.8 Å². The number of halogens is 1. The number of hydrogen-bond acceptors (Lipinski definition) is 7. The molecule has 120 valence electrons. The standard InChI is InChI=1S/C15H15ClN4O3/c1-8(2)21-12-5-4-11(16)14(17-12)15-18-13(23-20-15)7-10-6-9(3)22-19-10/h4-6,8H,7H2,1-3H3. The van der Waals surface area contributed by atoms with Crippen LogP contribution in [-0.2, 0) is 6.42 Å². The van der Waals surface area contributed by atoms with E-state index in [1.54, 1.807) is 12.1 Å². The van der Waals surface area contributed by atoms with Crippen LogP contribution in [0.3, 0.4) is 0 Å². The zero-order valence-corrected chi connectivity index (χ0v) is 13.7. The summed E-state index contributed by atoms with van der Waals surface area (Å²) in [5, 5.41) is 8.24. The maximum Gasteiger partial charge on any atom is 0.233 e. The van der Waals surface area contributed by atoms with Crippen LogP contribution in [0.4, 0.5) is 0 Å². The van der Waals surface area contributed by atoms with Gasteiger partial charge in [-0.1, -0.05) is 21.9 Å². The Labute approximate surface area is 137 Å². The Morgan fingerprint density at radius 1 is 1.17 bits per heavy atom. The summed E-state index contributed by atoms with van der Waals surface area (Å²) in [4.78, 5) is 8.64. The number of ether oxygens (including phenoxy) is 1. The van der Waals surface area contributed by atoms with Gasteiger partial charge in [0.1, 0.15) is 11.5 Å². The third-order valence-electron chi connectivity index (χ3n) is 2.87. The summed E-state index contributed by atoms with van der Waals surface area (Å²) in [5.41, 5.74) is 1.13. The third-order valence-corrected chi connectivity index (χ3v) is 3.17. The first-order chi connectivity index (χ1) is 11.0. The Balaban J connectivity index is 1.84. The maximum atomic E-state index is 6.17. The van der Waals surface area contributed by atoms with Crippen molar-refractivity contribution in [1.82, 2.24) is 20.3 Å². The van der Waals surface area contributed by atoms with Gasteiger partial charge in [0.15, 0.2) is 0 Å². The van der Waals surface area contributed by atoms with E-state index in [0.717, 1.165) is 5.76 Å². The van der Waals surface area contributed by atoms with Crippen molar-refractivity contribution in [2.24, 2.45) is 0 Å². The number of aromatic nitrogens is 4. The summed E-state index contributed by atoms with van der Waals surface area (Å²) in [7, 11) is 0. The Morgan fingerprint density at radius 3 is 2.70 bits per heavy atom. The lowest BCUT2D eigenvalue weighted by Gasteiger charge is -2.09. The van der Waals surface area contributed by atoms with Crippen LogP contribution in [-0.4, -0.2) is 26.4 Å². The highest BCUT2D eigenvalue weighted by atomic mass is 35.5. The van der Waals surface area contributed by atoms with Crippen molar-refractivity contribution in [1.29, 1.82) is 0 Å². The summed E-state index contributed by atoms with van der Waals surface area (Å²) in [5.74, 6) is 1.89. The lowest BCUT2D eigenvalue weighted by atomic mass is 10.3. The van der Waals surface area contributed by atoms with Crippen LogP contribution in [0, 0.1) is 6.92 Å². The van der Waals surface area contributed by atoms with Crippen molar-refractivity contribution in [2.75, 3.05) is 0 Å². The normalized spacial score (nSPS) is 11.2. The van der Waals surface area contributed by atoms with Gasteiger partial charge in [0, 0.05) is 12.1 Å². The Kier molecular flexibility index (Phi) is 4.29. The summed E-state index contributed by atoms with van der Waals surface area (Å²) in [6.07, 6.45) is 0.386. The average Bonchev–Trinajstić information content (AvgIpc) is 3.10. The second kappa shape index (κ2) is 6.37. The van der Waals surface area contributed by atoms with E-state index in [2.05, 4.69) is 20.3 Å². The molecule has 0 aromatic carbocycles. The number of nitrogens with zero attached hydrogens (tertiary/aromatic N) is 4. The molecule has 3 aromatic heterocycles. The average molecular weight is 335 g/mol. The van der Waals surface area contributed by atoms with Crippen molar-refractivity contribution in [3.8, 4) is 17.4 Å². The predicted octanol–water partition coefficient (Wildman–Crippen LogP) is 3.46. The Hall–Kier alpha value is -2.41. The zero-order chi connectivity index (χ0) is 16.4. The zero-order valence-electron chi connectivity index (χ0n) is 12.9. The molecular weight excluding hydrogens is 320 g/mol. The second-order valence-electron chi connectivity index (χ2n) is 5.26. The molecule has 23 heavy (non-hydrogen) atoms. The van der Waals surface area contributed by atoms with Crippen LogP contribution in [0.1, 0.15) is 31.2 Å². The number of pyridine rings is 1. The lowest BCUT2D eigenvalue weighted by Crippen LogP contribution is -2.07. The fourth-order valence-corrected chi connectivity index (χ4v) is 2.16. The minimum atomic E-state index is 0.00718. The second-order valence-corrected chi connectivity index (χ2v) is 5.67. The Bertz CT molecular complexity index is 813. The van der Waals surface area contributed by atoms with Crippen molar-refractivity contribution >= 4 is 11.6 Å². The molecule has 0 aliphatic heterocycles. The third kappa shape index (κ3) is 3.68. The quantitative estimate of drug-likeness (QED) is 0.706. The monoisotopic (exact) mass is 334 g/mol. The van der Waals surface area contributed by atoms with E-state index < -0.39 is 0 Å². The van der Waals surface area contributed by atoms with Crippen LogP contribution in [0.25, 0.3) is 11.5 Å². The van der Waals surface area contributed by atoms with E-state index in [9.17, 15) is 0 Å². The molecule has 0 aliphatic carbocycles. The highest BCUT2D eigenvalue weighted by Crippen LogP contribution is 2.26. The van der Waals surface area contributed by atoms with E-state index in [1.807, 2.05) is 26.8 Å². The fourth-order valence-electron chi connectivity index (χ4n) is 1.97. The largest absolute Gasteiger partial charge is 0.475 e. The van der Waals surface area contributed by atoms with E-state index >= 15 is 0 Å². The smallest absolute Gasteiger partial charge is 0.233 e. The van der Waals surface area contributed by atoms with Gasteiger partial charge in [-0.25, -0.2) is 4.98 Å². The van der Waals surface area contributed by atoms with Gasteiger partial charge in [-0.05, 0) is 26.8 Å². The molecule has 0 amide bonds. The van der Waals surface area contributed by atoms with Crippen molar-refractivity contribution in [2.45, 2.75) is 33.3 Å². The Morgan fingerprint density at radius 2 is 2.00 bits per heavy atom. The lowest BCUT2D eigenvalue weighted by molar-refractivity contribution is 0.233. The molecule has 0 N–H and O–H groups in total. The molecule has 0 saturated carbocycles. The molecule has 0 bridgehead atoms. The number of aryl methyl sites for hydroxylation is 1. The molecule has 3 heterocycles. The molecule has 0 spiro atoms. The van der Waals surface area contributed by atoms with Gasteiger partial charge in [0.2, 0.25) is 17.6 Å². The van der Waals surface area contributed by atoms with E-state index in [0.29, 0.717) is 40.4 Å². The molecule has 8 heteroatoms. The van der Waals surface area contributed by atoms with Gasteiger partial charge in [0.25, 0.3) is 0 Å². The van der Waals surface area contributed by atoms with Gasteiger partial charge in [-0.2, -0.15) is 4.98 Å². The molecule has 3 rings (SSSR count). The van der Waals surface area contributed by atoms with Crippen LogP contribution in [0.15, 0.2) is 27.2 Å². The first kappa shape index (κ1) is 15.5. The van der Waals surface area contributed by atoms with Crippen LogP contribution >= 0.6 is 11.6 Å². The van der Waals surface area contributed by atoms with Gasteiger partial charge in [-0.3, -0.25) is 0 Å². The molecule has 0 saturated heterocycles. The minimum Gasteiger partial charge on any atom is -0.475 e. The molecular formula is C15H15ClN4O3. The highest BCUT2D eigenvalue weighted by Gasteiger charge is 2.16. The first-order valence-corrected chi connectivity index (χ1v) is 7.47. The van der Waals surface area contributed by atoms with Crippen molar-refractivity contribution in [3.05, 3.63) is 40.6 Å². The van der Waals surface area contributed by atoms with E-state index in [1.165, 1.54) is 0 Å². The highest BCUT2D eigenvalue weighted by molar-refractivity contribution is 6.32. The molecule has 0 unspecified atom stereocenters. The maximum absolute atomic E-state index is 6.17. The van der Waals surface area contributed by atoms with Crippen molar-refractivity contribution in [3.63, 3.8) is 0 Å². The molecule has 0 radical (unpaired) electrons. The first-order valence-electron chi connectivity index (χ1n) is 7.09. The van der Waals surface area contributed by atoms with Crippen molar-refractivity contribution < 1.29 is 13.8 Å². The number of rotatable bonds is 5. The summed E-state index contributed by atoms with van der Waals surface area (Å²) >= 11 is 6.17. The molecule has 0 aliphatic rings. The van der Waals surface area contributed by atoms with Gasteiger partial charge >= 0.3 is 0 Å². The van der Waals surface area contributed by atoms with Gasteiger partial charge in [-0.15, -0.1) is 0 Å². The van der Waals surface area contributed by atoms with Crippen LogP contribution in [0.2, 0.25) is 5.02 Å². The predicted molar refractivity (Wildman–Crippen MR) is 82.3 cm³/mol. The molecule has 0 fully saturated rings. The number of hydrogen-bond donors (Lipinski definition) is 0. The minimum absolute atomic E-state index is 0.00718. The molecule has 7 nitrogen and oxygen atoms in total. The summed E-state index contributed by atoms with van der Waals surface area (Å²) in [6, 6.07) is 5.20. The molecule has 3 aromatic rings. The fraction of sp³-hybridized carbons (Fsp3) is 0.333.